The molecule has 1 aliphatic rings. The van der Waals surface area contributed by atoms with Gasteiger partial charge in [0.15, 0.2) is 0 Å². The summed E-state index contributed by atoms with van der Waals surface area (Å²) in [5, 5.41) is 3.58. The van der Waals surface area contributed by atoms with Crippen LogP contribution < -0.4 is 19.9 Å². The lowest BCUT2D eigenvalue weighted by molar-refractivity contribution is 0.0986. The molecule has 2 amide bonds. The van der Waals surface area contributed by atoms with Gasteiger partial charge in [-0.2, -0.15) is 0 Å². The normalized spacial score (nSPS) is 12.7. The first kappa shape index (κ1) is 29.0. The lowest BCUT2D eigenvalue weighted by Crippen LogP contribution is -2.31. The number of rotatable bonds is 8. The number of hydrogen-bond acceptors (Lipinski definition) is 4. The summed E-state index contributed by atoms with van der Waals surface area (Å²) < 4.78 is 5.95. The van der Waals surface area contributed by atoms with Gasteiger partial charge in [-0.05, 0) is 72.1 Å². The van der Waals surface area contributed by atoms with E-state index < -0.39 is 0 Å². The SMILES string of the molecule is O=C(Nc1ccc(C(=O)N2CCCN(CCOc3ccccc3Cl)c3ccccc32)cc1)c1ccccc1-c1ccccc1. The highest BCUT2D eigenvalue weighted by molar-refractivity contribution is 6.32. The van der Waals surface area contributed by atoms with Crippen LogP contribution in [0.15, 0.2) is 127 Å². The average molecular weight is 602 g/mol. The summed E-state index contributed by atoms with van der Waals surface area (Å²) in [7, 11) is 0. The first-order valence-electron chi connectivity index (χ1n) is 14.7. The number of nitrogens with zero attached hydrogens (tertiary/aromatic N) is 2. The Morgan fingerprint density at radius 3 is 2.20 bits per heavy atom. The first-order valence-corrected chi connectivity index (χ1v) is 15.1. The van der Waals surface area contributed by atoms with Crippen LogP contribution in [0.5, 0.6) is 5.75 Å². The molecule has 0 aliphatic carbocycles. The van der Waals surface area contributed by atoms with Crippen LogP contribution in [0.2, 0.25) is 5.02 Å². The summed E-state index contributed by atoms with van der Waals surface area (Å²) in [4.78, 5) is 31.1. The molecule has 1 aliphatic heterocycles. The lowest BCUT2D eigenvalue weighted by Gasteiger charge is -2.27. The minimum atomic E-state index is -0.205. The van der Waals surface area contributed by atoms with Crippen LogP contribution in [-0.2, 0) is 0 Å². The number of fused-ring (bicyclic) bond motifs is 1. The van der Waals surface area contributed by atoms with E-state index in [0.29, 0.717) is 47.3 Å². The number of nitrogens with one attached hydrogen (secondary N) is 1. The maximum atomic E-state index is 13.8. The van der Waals surface area contributed by atoms with E-state index in [9.17, 15) is 9.59 Å². The van der Waals surface area contributed by atoms with Crippen molar-refractivity contribution >= 4 is 40.5 Å². The Kier molecular flexibility index (Phi) is 8.90. The van der Waals surface area contributed by atoms with Crippen molar-refractivity contribution in [1.82, 2.24) is 0 Å². The van der Waals surface area contributed by atoms with Crippen LogP contribution in [0.25, 0.3) is 11.1 Å². The van der Waals surface area contributed by atoms with E-state index in [4.69, 9.17) is 16.3 Å². The second kappa shape index (κ2) is 13.5. The monoisotopic (exact) mass is 601 g/mol. The second-order valence-electron chi connectivity index (χ2n) is 10.5. The number of para-hydroxylation sites is 3. The van der Waals surface area contributed by atoms with Crippen molar-refractivity contribution in [2.75, 3.05) is 41.4 Å². The van der Waals surface area contributed by atoms with Crippen molar-refractivity contribution < 1.29 is 14.3 Å². The molecule has 1 heterocycles. The molecule has 0 spiro atoms. The van der Waals surface area contributed by atoms with E-state index in [-0.39, 0.29) is 11.8 Å². The highest BCUT2D eigenvalue weighted by atomic mass is 35.5. The number of ether oxygens (including phenoxy) is 1. The number of halogens is 1. The number of benzene rings is 5. The van der Waals surface area contributed by atoms with E-state index in [2.05, 4.69) is 10.2 Å². The Morgan fingerprint density at radius 2 is 1.41 bits per heavy atom. The van der Waals surface area contributed by atoms with E-state index >= 15 is 0 Å². The zero-order valence-corrected chi connectivity index (χ0v) is 24.9. The molecule has 6 nitrogen and oxygen atoms in total. The molecule has 0 radical (unpaired) electrons. The van der Waals surface area contributed by atoms with Crippen LogP contribution in [0.4, 0.5) is 17.1 Å². The summed E-state index contributed by atoms with van der Waals surface area (Å²) in [5.41, 5.74) is 5.45. The van der Waals surface area contributed by atoms with Crippen LogP contribution in [0, 0.1) is 0 Å². The summed E-state index contributed by atoms with van der Waals surface area (Å²) in [6.45, 7) is 2.51. The molecular weight excluding hydrogens is 570 g/mol. The van der Waals surface area contributed by atoms with Gasteiger partial charge >= 0.3 is 0 Å². The molecule has 5 aromatic rings. The van der Waals surface area contributed by atoms with Gasteiger partial charge in [-0.3, -0.25) is 9.59 Å². The zero-order chi connectivity index (χ0) is 30.3. The third-order valence-corrected chi connectivity index (χ3v) is 7.98. The van der Waals surface area contributed by atoms with Gasteiger partial charge < -0.3 is 19.9 Å². The van der Waals surface area contributed by atoms with Gasteiger partial charge in [-0.1, -0.05) is 84.4 Å². The van der Waals surface area contributed by atoms with Gasteiger partial charge in [-0.25, -0.2) is 0 Å². The third-order valence-electron chi connectivity index (χ3n) is 7.67. The van der Waals surface area contributed by atoms with Gasteiger partial charge in [0.05, 0.1) is 22.9 Å². The van der Waals surface area contributed by atoms with Crippen LogP contribution in [0.3, 0.4) is 0 Å². The molecule has 220 valence electrons. The summed E-state index contributed by atoms with van der Waals surface area (Å²) in [5.74, 6) is 0.372. The van der Waals surface area contributed by atoms with E-state index in [1.54, 1.807) is 24.3 Å². The largest absolute Gasteiger partial charge is 0.490 e. The number of amides is 2. The smallest absolute Gasteiger partial charge is 0.258 e. The average Bonchev–Trinajstić information content (AvgIpc) is 3.25. The summed E-state index contributed by atoms with van der Waals surface area (Å²) in [6.07, 6.45) is 0.807. The van der Waals surface area contributed by atoms with Gasteiger partial charge in [0.2, 0.25) is 0 Å². The van der Waals surface area contributed by atoms with Gasteiger partial charge in [0.1, 0.15) is 12.4 Å². The molecule has 0 atom stereocenters. The van der Waals surface area contributed by atoms with Gasteiger partial charge in [-0.15, -0.1) is 0 Å². The molecule has 1 N–H and O–H groups in total. The molecular formula is C37H32ClN3O3. The Bertz CT molecular complexity index is 1760. The molecule has 0 unspecified atom stereocenters. The summed E-state index contributed by atoms with van der Waals surface area (Å²) >= 11 is 6.25. The van der Waals surface area contributed by atoms with Gasteiger partial charge in [0, 0.05) is 29.9 Å². The minimum absolute atomic E-state index is 0.0843. The predicted octanol–water partition coefficient (Wildman–Crippen LogP) is 8.20. The number of carbonyl (C=O) groups is 2. The van der Waals surface area contributed by atoms with Crippen molar-refractivity contribution in [2.45, 2.75) is 6.42 Å². The van der Waals surface area contributed by atoms with Gasteiger partial charge in [0.25, 0.3) is 11.8 Å². The fraction of sp³-hybridized carbons (Fsp3) is 0.135. The molecule has 44 heavy (non-hydrogen) atoms. The Labute approximate surface area is 262 Å². The van der Waals surface area contributed by atoms with Crippen molar-refractivity contribution in [3.8, 4) is 16.9 Å². The Morgan fingerprint density at radius 1 is 0.727 bits per heavy atom. The standard InChI is InChI=1S/C37H32ClN3O3/c38-32-15-6-9-18-35(32)44-26-25-40-23-10-24-41(34-17-8-7-16-33(34)40)37(43)28-19-21-29(22-20-28)39-36(42)31-14-5-4-13-30(31)27-11-2-1-3-12-27/h1-9,11-22H,10,23-26H2,(H,39,42). The first-order chi connectivity index (χ1) is 21.6. The molecule has 0 bridgehead atoms. The van der Waals surface area contributed by atoms with E-state index in [0.717, 1.165) is 35.5 Å². The fourth-order valence-electron chi connectivity index (χ4n) is 5.49. The summed E-state index contributed by atoms with van der Waals surface area (Å²) in [6, 6.07) is 39.9. The lowest BCUT2D eigenvalue weighted by atomic mass is 9.99. The number of anilines is 3. The van der Waals surface area contributed by atoms with Crippen molar-refractivity contribution in [3.63, 3.8) is 0 Å². The topological polar surface area (TPSA) is 61.9 Å². The Hall–Kier alpha value is -5.07. The maximum Gasteiger partial charge on any atom is 0.258 e. The molecule has 7 heteroatoms. The maximum absolute atomic E-state index is 13.8. The van der Waals surface area contributed by atoms with Crippen molar-refractivity contribution in [3.05, 3.63) is 144 Å². The molecule has 5 aromatic carbocycles. The third kappa shape index (κ3) is 6.46. The molecule has 0 fully saturated rings. The van der Waals surface area contributed by atoms with Crippen LogP contribution in [0.1, 0.15) is 27.1 Å². The molecule has 0 saturated heterocycles. The molecule has 6 rings (SSSR count). The second-order valence-corrected chi connectivity index (χ2v) is 10.9. The Balaban J connectivity index is 1.15. The highest BCUT2D eigenvalue weighted by Crippen LogP contribution is 2.33. The van der Waals surface area contributed by atoms with Crippen LogP contribution in [-0.4, -0.2) is 38.1 Å². The highest BCUT2D eigenvalue weighted by Gasteiger charge is 2.25. The van der Waals surface area contributed by atoms with Crippen molar-refractivity contribution in [2.24, 2.45) is 0 Å². The molecule has 0 saturated carbocycles. The van der Waals surface area contributed by atoms with E-state index in [1.807, 2.05) is 108 Å². The van der Waals surface area contributed by atoms with Crippen molar-refractivity contribution in [1.29, 1.82) is 0 Å². The quantitative estimate of drug-likeness (QED) is 0.195. The zero-order valence-electron chi connectivity index (χ0n) is 24.2. The van der Waals surface area contributed by atoms with E-state index in [1.165, 1.54) is 0 Å². The number of hydrogen-bond donors (Lipinski definition) is 1. The fourth-order valence-corrected chi connectivity index (χ4v) is 5.68. The predicted molar refractivity (Wildman–Crippen MR) is 178 cm³/mol. The minimum Gasteiger partial charge on any atom is -0.490 e. The number of carbonyl (C=O) groups excluding carboxylic acids is 2. The molecule has 0 aromatic heterocycles. The van der Waals surface area contributed by atoms with Crippen LogP contribution >= 0.6 is 11.6 Å².